The summed E-state index contributed by atoms with van der Waals surface area (Å²) >= 11 is 0. The molecular formula is C19H26N2O3. The summed E-state index contributed by atoms with van der Waals surface area (Å²) in [5.41, 5.74) is 1.73. The number of carbonyl (C=O) groups excluding carboxylic acids is 3. The molecule has 2 rings (SSSR count). The molecular weight excluding hydrogens is 304 g/mol. The van der Waals surface area contributed by atoms with Gasteiger partial charge in [0.1, 0.15) is 6.04 Å². The van der Waals surface area contributed by atoms with Crippen molar-refractivity contribution in [1.82, 2.24) is 4.90 Å². The first kappa shape index (κ1) is 18.2. The lowest BCUT2D eigenvalue weighted by Crippen LogP contribution is -2.48. The molecule has 0 aliphatic carbocycles. The molecule has 1 fully saturated rings. The fourth-order valence-electron chi connectivity index (χ4n) is 3.15. The minimum atomic E-state index is -0.699. The van der Waals surface area contributed by atoms with E-state index in [0.29, 0.717) is 11.6 Å². The first-order valence-electron chi connectivity index (χ1n) is 8.53. The lowest BCUT2D eigenvalue weighted by Gasteiger charge is -2.31. The van der Waals surface area contributed by atoms with Crippen LogP contribution in [0.4, 0.5) is 5.69 Å². The molecule has 1 saturated heterocycles. The second-order valence-corrected chi connectivity index (χ2v) is 6.72. The fourth-order valence-corrected chi connectivity index (χ4v) is 3.15. The third-order valence-electron chi connectivity index (χ3n) is 4.71. The van der Waals surface area contributed by atoms with E-state index in [4.69, 9.17) is 0 Å². The largest absolute Gasteiger partial charge is 0.328 e. The predicted molar refractivity (Wildman–Crippen MR) is 93.7 cm³/mol. The molecule has 0 N–H and O–H groups in total. The number of anilines is 1. The number of nitrogens with zero attached hydrogens (tertiary/aromatic N) is 2. The number of rotatable bonds is 5. The predicted octanol–water partition coefficient (Wildman–Crippen LogP) is 3.09. The summed E-state index contributed by atoms with van der Waals surface area (Å²) in [5.74, 6) is -0.354. The maximum atomic E-state index is 12.8. The van der Waals surface area contributed by atoms with Crippen molar-refractivity contribution in [3.8, 4) is 0 Å². The maximum Gasteiger partial charge on any atom is 0.257 e. The standard InChI is InChI=1S/C19H26N2O3/c1-6-13(4)20(14(5)22)17-11-18(23)21(19(17)24)16-9-7-15(8-10-16)12(2)3/h7-10,12-13,17H,6,11H2,1-5H3. The molecule has 0 spiro atoms. The van der Waals surface area contributed by atoms with Crippen LogP contribution in [0.25, 0.3) is 0 Å². The van der Waals surface area contributed by atoms with E-state index in [0.717, 1.165) is 12.0 Å². The van der Waals surface area contributed by atoms with Crippen molar-refractivity contribution in [2.24, 2.45) is 0 Å². The second-order valence-electron chi connectivity index (χ2n) is 6.72. The van der Waals surface area contributed by atoms with E-state index in [-0.39, 0.29) is 30.2 Å². The van der Waals surface area contributed by atoms with Gasteiger partial charge in [0.25, 0.3) is 5.91 Å². The SMILES string of the molecule is CCC(C)N(C(C)=O)C1CC(=O)N(c2ccc(C(C)C)cc2)C1=O. The lowest BCUT2D eigenvalue weighted by atomic mass is 10.0. The van der Waals surface area contributed by atoms with Crippen LogP contribution in [-0.4, -0.2) is 34.7 Å². The summed E-state index contributed by atoms with van der Waals surface area (Å²) in [7, 11) is 0. The van der Waals surface area contributed by atoms with E-state index in [1.54, 1.807) is 17.0 Å². The minimum Gasteiger partial charge on any atom is -0.328 e. The highest BCUT2D eigenvalue weighted by atomic mass is 16.2. The molecule has 2 atom stereocenters. The highest BCUT2D eigenvalue weighted by Gasteiger charge is 2.44. The Morgan fingerprint density at radius 1 is 1.21 bits per heavy atom. The van der Waals surface area contributed by atoms with Crippen LogP contribution in [0.2, 0.25) is 0 Å². The number of hydrogen-bond acceptors (Lipinski definition) is 3. The molecule has 1 aromatic rings. The van der Waals surface area contributed by atoms with Crippen LogP contribution in [0.5, 0.6) is 0 Å². The average molecular weight is 330 g/mol. The normalized spacial score (nSPS) is 19.1. The zero-order chi connectivity index (χ0) is 18.0. The Morgan fingerprint density at radius 3 is 2.25 bits per heavy atom. The zero-order valence-electron chi connectivity index (χ0n) is 15.1. The van der Waals surface area contributed by atoms with Crippen molar-refractivity contribution < 1.29 is 14.4 Å². The first-order chi connectivity index (χ1) is 11.3. The summed E-state index contributed by atoms with van der Waals surface area (Å²) in [6.45, 7) is 9.50. The van der Waals surface area contributed by atoms with Gasteiger partial charge in [0.05, 0.1) is 12.1 Å². The quantitative estimate of drug-likeness (QED) is 0.780. The Labute approximate surface area is 143 Å². The van der Waals surface area contributed by atoms with Gasteiger partial charge in [-0.2, -0.15) is 0 Å². The zero-order valence-corrected chi connectivity index (χ0v) is 15.1. The van der Waals surface area contributed by atoms with Crippen LogP contribution in [0.1, 0.15) is 58.9 Å². The van der Waals surface area contributed by atoms with E-state index >= 15 is 0 Å². The second kappa shape index (κ2) is 7.16. The van der Waals surface area contributed by atoms with Crippen LogP contribution in [0, 0.1) is 0 Å². The molecule has 1 aliphatic heterocycles. The van der Waals surface area contributed by atoms with Crippen molar-refractivity contribution >= 4 is 23.4 Å². The molecule has 5 nitrogen and oxygen atoms in total. The van der Waals surface area contributed by atoms with Gasteiger partial charge in [-0.25, -0.2) is 4.90 Å². The van der Waals surface area contributed by atoms with Gasteiger partial charge in [-0.1, -0.05) is 32.9 Å². The van der Waals surface area contributed by atoms with Gasteiger partial charge in [-0.3, -0.25) is 14.4 Å². The first-order valence-corrected chi connectivity index (χ1v) is 8.53. The third kappa shape index (κ3) is 3.35. The summed E-state index contributed by atoms with van der Waals surface area (Å²) in [6.07, 6.45) is 0.787. The molecule has 5 heteroatoms. The Kier molecular flexibility index (Phi) is 5.42. The molecule has 0 aromatic heterocycles. The van der Waals surface area contributed by atoms with E-state index in [1.807, 2.05) is 26.0 Å². The van der Waals surface area contributed by atoms with E-state index in [9.17, 15) is 14.4 Å². The topological polar surface area (TPSA) is 57.7 Å². The van der Waals surface area contributed by atoms with E-state index in [2.05, 4.69) is 13.8 Å². The van der Waals surface area contributed by atoms with Gasteiger partial charge in [0.15, 0.2) is 0 Å². The molecule has 1 aromatic carbocycles. The summed E-state index contributed by atoms with van der Waals surface area (Å²) in [4.78, 5) is 40.0. The Balaban J connectivity index is 2.29. The Bertz CT molecular complexity index is 637. The van der Waals surface area contributed by atoms with Gasteiger partial charge in [-0.05, 0) is 37.0 Å². The summed E-state index contributed by atoms with van der Waals surface area (Å²) in [6, 6.07) is 6.70. The van der Waals surface area contributed by atoms with Crippen LogP contribution >= 0.6 is 0 Å². The van der Waals surface area contributed by atoms with Gasteiger partial charge < -0.3 is 4.90 Å². The maximum absolute atomic E-state index is 12.8. The number of hydrogen-bond donors (Lipinski definition) is 0. The van der Waals surface area contributed by atoms with E-state index in [1.165, 1.54) is 11.8 Å². The third-order valence-corrected chi connectivity index (χ3v) is 4.71. The molecule has 0 radical (unpaired) electrons. The van der Waals surface area contributed by atoms with Crippen LogP contribution in [-0.2, 0) is 14.4 Å². The lowest BCUT2D eigenvalue weighted by molar-refractivity contribution is -0.138. The molecule has 2 unspecified atom stereocenters. The monoisotopic (exact) mass is 330 g/mol. The number of amides is 3. The van der Waals surface area contributed by atoms with Gasteiger partial charge in [0.2, 0.25) is 11.8 Å². The number of imide groups is 1. The molecule has 1 heterocycles. The Hall–Kier alpha value is -2.17. The van der Waals surface area contributed by atoms with Crippen molar-refractivity contribution in [2.75, 3.05) is 4.90 Å². The highest BCUT2D eigenvalue weighted by molar-refractivity contribution is 6.23. The molecule has 0 saturated carbocycles. The van der Waals surface area contributed by atoms with Crippen molar-refractivity contribution in [3.63, 3.8) is 0 Å². The van der Waals surface area contributed by atoms with Gasteiger partial charge in [-0.15, -0.1) is 0 Å². The molecule has 0 bridgehead atoms. The number of carbonyl (C=O) groups is 3. The minimum absolute atomic E-state index is 0.0503. The highest BCUT2D eigenvalue weighted by Crippen LogP contribution is 2.28. The van der Waals surface area contributed by atoms with Crippen LogP contribution < -0.4 is 4.90 Å². The average Bonchev–Trinajstić information content (AvgIpc) is 2.81. The van der Waals surface area contributed by atoms with Crippen molar-refractivity contribution in [1.29, 1.82) is 0 Å². The van der Waals surface area contributed by atoms with Crippen LogP contribution in [0.15, 0.2) is 24.3 Å². The van der Waals surface area contributed by atoms with Gasteiger partial charge in [0, 0.05) is 13.0 Å². The summed E-state index contributed by atoms with van der Waals surface area (Å²) in [5, 5.41) is 0. The molecule has 1 aliphatic rings. The fraction of sp³-hybridized carbons (Fsp3) is 0.526. The van der Waals surface area contributed by atoms with Gasteiger partial charge >= 0.3 is 0 Å². The number of benzene rings is 1. The molecule has 130 valence electrons. The molecule has 24 heavy (non-hydrogen) atoms. The van der Waals surface area contributed by atoms with Crippen molar-refractivity contribution in [2.45, 2.75) is 65.5 Å². The summed E-state index contributed by atoms with van der Waals surface area (Å²) < 4.78 is 0. The smallest absolute Gasteiger partial charge is 0.257 e. The Morgan fingerprint density at radius 2 is 1.79 bits per heavy atom. The van der Waals surface area contributed by atoms with Crippen molar-refractivity contribution in [3.05, 3.63) is 29.8 Å². The van der Waals surface area contributed by atoms with E-state index < -0.39 is 6.04 Å². The van der Waals surface area contributed by atoms with Crippen LogP contribution in [0.3, 0.4) is 0 Å². The molecule has 3 amide bonds.